The molecule has 0 atom stereocenters. The number of hydrogen-bond acceptors (Lipinski definition) is 4. The Morgan fingerprint density at radius 1 is 1.20 bits per heavy atom. The van der Waals surface area contributed by atoms with Crippen LogP contribution in [0, 0.1) is 23.0 Å². The SMILES string of the molecule is CNc1nc(Nc2cc(C#N)ccc2Cl)c(F)cc1F. The highest BCUT2D eigenvalue weighted by atomic mass is 35.5. The molecule has 1 aromatic heterocycles. The van der Waals surface area contributed by atoms with Gasteiger partial charge in [-0.2, -0.15) is 5.26 Å². The summed E-state index contributed by atoms with van der Waals surface area (Å²) in [5.41, 5.74) is 0.666. The third kappa shape index (κ3) is 2.78. The Hall–Kier alpha value is -2.39. The maximum Gasteiger partial charge on any atom is 0.169 e. The molecule has 102 valence electrons. The van der Waals surface area contributed by atoms with E-state index in [9.17, 15) is 8.78 Å². The van der Waals surface area contributed by atoms with Gasteiger partial charge in [-0.15, -0.1) is 0 Å². The van der Waals surface area contributed by atoms with Gasteiger partial charge in [0.05, 0.1) is 22.3 Å². The lowest BCUT2D eigenvalue weighted by Crippen LogP contribution is -2.04. The second kappa shape index (κ2) is 5.72. The number of hydrogen-bond donors (Lipinski definition) is 2. The molecule has 2 rings (SSSR count). The first-order valence-corrected chi connectivity index (χ1v) is 5.93. The summed E-state index contributed by atoms with van der Waals surface area (Å²) < 4.78 is 27.0. The van der Waals surface area contributed by atoms with E-state index >= 15 is 0 Å². The summed E-state index contributed by atoms with van der Waals surface area (Å²) in [7, 11) is 1.47. The minimum absolute atomic E-state index is 0.0959. The zero-order chi connectivity index (χ0) is 14.7. The van der Waals surface area contributed by atoms with Crippen LogP contribution in [-0.2, 0) is 0 Å². The molecule has 0 spiro atoms. The fourth-order valence-electron chi connectivity index (χ4n) is 1.55. The normalized spacial score (nSPS) is 9.95. The van der Waals surface area contributed by atoms with Gasteiger partial charge < -0.3 is 10.6 Å². The number of aromatic nitrogens is 1. The van der Waals surface area contributed by atoms with Crippen LogP contribution >= 0.6 is 11.6 Å². The molecular formula is C13H9ClF2N4. The number of nitrogens with zero attached hydrogens (tertiary/aromatic N) is 2. The monoisotopic (exact) mass is 294 g/mol. The molecule has 0 bridgehead atoms. The van der Waals surface area contributed by atoms with E-state index in [-0.39, 0.29) is 11.6 Å². The van der Waals surface area contributed by atoms with Gasteiger partial charge in [-0.05, 0) is 18.2 Å². The van der Waals surface area contributed by atoms with Crippen molar-refractivity contribution in [3.05, 3.63) is 46.5 Å². The highest BCUT2D eigenvalue weighted by Gasteiger charge is 2.12. The van der Waals surface area contributed by atoms with Gasteiger partial charge in [-0.25, -0.2) is 13.8 Å². The van der Waals surface area contributed by atoms with Crippen LogP contribution in [0.15, 0.2) is 24.3 Å². The third-order valence-corrected chi connectivity index (χ3v) is 2.84. The minimum Gasteiger partial charge on any atom is -0.371 e. The van der Waals surface area contributed by atoms with Gasteiger partial charge in [0, 0.05) is 13.1 Å². The topological polar surface area (TPSA) is 60.7 Å². The van der Waals surface area contributed by atoms with Crippen molar-refractivity contribution in [1.29, 1.82) is 5.26 Å². The molecule has 0 fully saturated rings. The Kier molecular flexibility index (Phi) is 4.01. The minimum atomic E-state index is -0.861. The summed E-state index contributed by atoms with van der Waals surface area (Å²) >= 11 is 5.95. The van der Waals surface area contributed by atoms with Gasteiger partial charge in [0.15, 0.2) is 23.3 Å². The molecule has 1 aromatic carbocycles. The molecule has 20 heavy (non-hydrogen) atoms. The van der Waals surface area contributed by atoms with Crippen LogP contribution in [0.25, 0.3) is 0 Å². The highest BCUT2D eigenvalue weighted by Crippen LogP contribution is 2.28. The lowest BCUT2D eigenvalue weighted by atomic mass is 10.2. The summed E-state index contributed by atoms with van der Waals surface area (Å²) in [5, 5.41) is 14.3. The quantitative estimate of drug-likeness (QED) is 0.907. The van der Waals surface area contributed by atoms with Gasteiger partial charge >= 0.3 is 0 Å². The average Bonchev–Trinajstić information content (AvgIpc) is 2.44. The molecule has 0 saturated heterocycles. The number of nitriles is 1. The van der Waals surface area contributed by atoms with E-state index < -0.39 is 11.6 Å². The molecule has 0 saturated carbocycles. The van der Waals surface area contributed by atoms with Crippen LogP contribution in [0.5, 0.6) is 0 Å². The number of anilines is 3. The predicted molar refractivity (Wildman–Crippen MR) is 73.1 cm³/mol. The van der Waals surface area contributed by atoms with Crippen molar-refractivity contribution in [2.45, 2.75) is 0 Å². The first-order chi connectivity index (χ1) is 9.55. The molecule has 0 unspecified atom stereocenters. The summed E-state index contributed by atoms with van der Waals surface area (Å²) in [6, 6.07) is 7.13. The van der Waals surface area contributed by atoms with E-state index in [0.29, 0.717) is 22.3 Å². The van der Waals surface area contributed by atoms with Gasteiger partial charge in [0.2, 0.25) is 0 Å². The Balaban J connectivity index is 2.42. The van der Waals surface area contributed by atoms with Crippen LogP contribution < -0.4 is 10.6 Å². The van der Waals surface area contributed by atoms with Gasteiger partial charge in [0.25, 0.3) is 0 Å². The van der Waals surface area contributed by atoms with Crippen LogP contribution in [0.3, 0.4) is 0 Å². The van der Waals surface area contributed by atoms with Crippen molar-refractivity contribution < 1.29 is 8.78 Å². The molecule has 0 aliphatic heterocycles. The first-order valence-electron chi connectivity index (χ1n) is 5.55. The molecule has 2 aromatic rings. The molecular weight excluding hydrogens is 286 g/mol. The molecule has 2 N–H and O–H groups in total. The Labute approximate surface area is 119 Å². The largest absolute Gasteiger partial charge is 0.371 e. The zero-order valence-corrected chi connectivity index (χ0v) is 11.1. The fourth-order valence-corrected chi connectivity index (χ4v) is 1.71. The van der Waals surface area contributed by atoms with Crippen LogP contribution in [-0.4, -0.2) is 12.0 Å². The molecule has 0 radical (unpaired) electrons. The number of halogens is 3. The molecule has 1 heterocycles. The highest BCUT2D eigenvalue weighted by molar-refractivity contribution is 6.33. The van der Waals surface area contributed by atoms with Crippen LogP contribution in [0.1, 0.15) is 5.56 Å². The molecule has 0 aliphatic rings. The van der Waals surface area contributed by atoms with Crippen molar-refractivity contribution in [3.8, 4) is 6.07 Å². The maximum atomic E-state index is 13.7. The fraction of sp³-hybridized carbons (Fsp3) is 0.0769. The average molecular weight is 295 g/mol. The van der Waals surface area contributed by atoms with Crippen LogP contribution in [0.2, 0.25) is 5.02 Å². The summed E-state index contributed by atoms with van der Waals surface area (Å²) in [4.78, 5) is 3.77. The molecule has 4 nitrogen and oxygen atoms in total. The summed E-state index contributed by atoms with van der Waals surface area (Å²) in [6.07, 6.45) is 0. The third-order valence-electron chi connectivity index (χ3n) is 2.51. The smallest absolute Gasteiger partial charge is 0.169 e. The molecule has 0 amide bonds. The van der Waals surface area contributed by atoms with Crippen molar-refractivity contribution in [3.63, 3.8) is 0 Å². The Morgan fingerprint density at radius 3 is 2.55 bits per heavy atom. The van der Waals surface area contributed by atoms with Crippen molar-refractivity contribution in [1.82, 2.24) is 4.98 Å². The lowest BCUT2D eigenvalue weighted by molar-refractivity contribution is 0.580. The van der Waals surface area contributed by atoms with Crippen molar-refractivity contribution in [2.24, 2.45) is 0 Å². The number of rotatable bonds is 3. The van der Waals surface area contributed by atoms with Gasteiger partial charge in [0.1, 0.15) is 0 Å². The van der Waals surface area contributed by atoms with Crippen LogP contribution in [0.4, 0.5) is 26.1 Å². The summed E-state index contributed by atoms with van der Waals surface area (Å²) in [6.45, 7) is 0. The van der Waals surface area contributed by atoms with E-state index in [0.717, 1.165) is 0 Å². The number of nitrogens with one attached hydrogen (secondary N) is 2. The lowest BCUT2D eigenvalue weighted by Gasteiger charge is -2.11. The van der Waals surface area contributed by atoms with E-state index in [1.807, 2.05) is 6.07 Å². The van der Waals surface area contributed by atoms with Crippen molar-refractivity contribution in [2.75, 3.05) is 17.7 Å². The first kappa shape index (κ1) is 14.0. The van der Waals surface area contributed by atoms with Gasteiger partial charge in [-0.3, -0.25) is 0 Å². The van der Waals surface area contributed by atoms with Crippen molar-refractivity contribution >= 4 is 28.9 Å². The molecule has 7 heteroatoms. The van der Waals surface area contributed by atoms with E-state index in [2.05, 4.69) is 15.6 Å². The Morgan fingerprint density at radius 2 is 1.90 bits per heavy atom. The van der Waals surface area contributed by atoms with E-state index in [1.165, 1.54) is 25.2 Å². The number of pyridine rings is 1. The molecule has 0 aliphatic carbocycles. The maximum absolute atomic E-state index is 13.7. The second-order valence-corrected chi connectivity index (χ2v) is 4.24. The Bertz CT molecular complexity index is 698. The second-order valence-electron chi connectivity index (χ2n) is 3.83. The van der Waals surface area contributed by atoms with E-state index in [1.54, 1.807) is 0 Å². The zero-order valence-electron chi connectivity index (χ0n) is 10.3. The van der Waals surface area contributed by atoms with Gasteiger partial charge in [-0.1, -0.05) is 11.6 Å². The standard InChI is InChI=1S/C13H9ClF2N4/c1-18-12-9(15)5-10(16)13(20-12)19-11-4-7(6-17)2-3-8(11)14/h2-5H,1H3,(H2,18,19,20). The summed E-state index contributed by atoms with van der Waals surface area (Å²) in [5.74, 6) is -1.94. The van der Waals surface area contributed by atoms with E-state index in [4.69, 9.17) is 16.9 Å². The number of benzene rings is 1. The predicted octanol–water partition coefficient (Wildman–Crippen LogP) is 3.67.